The molecule has 0 aliphatic heterocycles. The highest BCUT2D eigenvalue weighted by atomic mass is 35.5. The number of hydrogen-bond acceptors (Lipinski definition) is 3. The van der Waals surface area contributed by atoms with E-state index in [9.17, 15) is 4.79 Å². The van der Waals surface area contributed by atoms with E-state index in [1.165, 1.54) is 6.20 Å². The number of anilines is 1. The summed E-state index contributed by atoms with van der Waals surface area (Å²) in [6, 6.07) is 3.28. The fraction of sp³-hybridized carbons (Fsp3) is 0.231. The smallest absolute Gasteiger partial charge is 0.259 e. The van der Waals surface area contributed by atoms with Crippen LogP contribution in [0.25, 0.3) is 0 Å². The molecule has 0 saturated heterocycles. The second-order valence-electron chi connectivity index (χ2n) is 4.04. The summed E-state index contributed by atoms with van der Waals surface area (Å²) in [6.45, 7) is 5.47. The van der Waals surface area contributed by atoms with E-state index >= 15 is 0 Å². The molecular weight excluding hydrogens is 252 g/mol. The van der Waals surface area contributed by atoms with E-state index in [-0.39, 0.29) is 5.91 Å². The van der Waals surface area contributed by atoms with Crippen molar-refractivity contribution >= 4 is 23.2 Å². The zero-order valence-electron chi connectivity index (χ0n) is 10.4. The van der Waals surface area contributed by atoms with Gasteiger partial charge in [0.1, 0.15) is 16.7 Å². The van der Waals surface area contributed by atoms with Crippen molar-refractivity contribution in [3.8, 4) is 0 Å². The standard InChI is InChI=1S/C13H13ClN2O2/c1-7-8(2)18-9(3)12(7)13(17)16-10-4-5-15-11(14)6-10/h4-6H,1-3H3,(H,15,16,17). The van der Waals surface area contributed by atoms with Crippen molar-refractivity contribution < 1.29 is 9.21 Å². The monoisotopic (exact) mass is 264 g/mol. The quantitative estimate of drug-likeness (QED) is 0.845. The van der Waals surface area contributed by atoms with Crippen LogP contribution in [0.2, 0.25) is 5.15 Å². The maximum Gasteiger partial charge on any atom is 0.259 e. The molecule has 0 aliphatic rings. The lowest BCUT2D eigenvalue weighted by molar-refractivity contribution is 0.102. The number of rotatable bonds is 2. The van der Waals surface area contributed by atoms with Gasteiger partial charge in [-0.05, 0) is 32.9 Å². The van der Waals surface area contributed by atoms with Crippen LogP contribution in [0.5, 0.6) is 0 Å². The molecular formula is C13H13ClN2O2. The lowest BCUT2D eigenvalue weighted by atomic mass is 10.1. The lowest BCUT2D eigenvalue weighted by Gasteiger charge is -2.05. The zero-order valence-corrected chi connectivity index (χ0v) is 11.1. The minimum Gasteiger partial charge on any atom is -0.466 e. The van der Waals surface area contributed by atoms with Gasteiger partial charge in [-0.2, -0.15) is 0 Å². The molecule has 0 saturated carbocycles. The summed E-state index contributed by atoms with van der Waals surface area (Å²) in [4.78, 5) is 16.0. The van der Waals surface area contributed by atoms with Crippen molar-refractivity contribution in [3.05, 3.63) is 46.1 Å². The molecule has 0 atom stereocenters. The van der Waals surface area contributed by atoms with Gasteiger partial charge >= 0.3 is 0 Å². The number of carbonyl (C=O) groups is 1. The van der Waals surface area contributed by atoms with E-state index in [0.29, 0.717) is 22.2 Å². The Balaban J connectivity index is 2.27. The second-order valence-corrected chi connectivity index (χ2v) is 4.42. The fourth-order valence-electron chi connectivity index (χ4n) is 1.80. The molecule has 0 unspecified atom stereocenters. The van der Waals surface area contributed by atoms with Gasteiger partial charge in [0.25, 0.3) is 5.91 Å². The highest BCUT2D eigenvalue weighted by Crippen LogP contribution is 2.22. The largest absolute Gasteiger partial charge is 0.466 e. The van der Waals surface area contributed by atoms with Crippen LogP contribution in [0.4, 0.5) is 5.69 Å². The van der Waals surface area contributed by atoms with Gasteiger partial charge in [-0.3, -0.25) is 4.79 Å². The maximum absolute atomic E-state index is 12.1. The molecule has 18 heavy (non-hydrogen) atoms. The van der Waals surface area contributed by atoms with Crippen LogP contribution in [0.3, 0.4) is 0 Å². The molecule has 5 heteroatoms. The molecule has 2 aromatic heterocycles. The summed E-state index contributed by atoms with van der Waals surface area (Å²) < 4.78 is 5.43. The predicted molar refractivity (Wildman–Crippen MR) is 70.1 cm³/mol. The van der Waals surface area contributed by atoms with Crippen LogP contribution in [0.15, 0.2) is 22.7 Å². The van der Waals surface area contributed by atoms with Crippen LogP contribution in [0.1, 0.15) is 27.4 Å². The van der Waals surface area contributed by atoms with E-state index in [4.69, 9.17) is 16.0 Å². The number of aryl methyl sites for hydroxylation is 2. The third-order valence-electron chi connectivity index (χ3n) is 2.77. The van der Waals surface area contributed by atoms with Crippen LogP contribution in [-0.4, -0.2) is 10.9 Å². The SMILES string of the molecule is Cc1oc(C)c(C(=O)Nc2ccnc(Cl)c2)c1C. The summed E-state index contributed by atoms with van der Waals surface area (Å²) >= 11 is 5.76. The van der Waals surface area contributed by atoms with Crippen molar-refractivity contribution in [2.24, 2.45) is 0 Å². The summed E-state index contributed by atoms with van der Waals surface area (Å²) in [5.41, 5.74) is 2.03. The van der Waals surface area contributed by atoms with Gasteiger partial charge in [-0.25, -0.2) is 4.98 Å². The van der Waals surface area contributed by atoms with Gasteiger partial charge in [0, 0.05) is 17.4 Å². The average molecular weight is 265 g/mol. The van der Waals surface area contributed by atoms with Gasteiger partial charge in [-0.15, -0.1) is 0 Å². The number of hydrogen-bond donors (Lipinski definition) is 1. The molecule has 1 amide bonds. The van der Waals surface area contributed by atoms with E-state index in [2.05, 4.69) is 10.3 Å². The number of nitrogens with one attached hydrogen (secondary N) is 1. The molecule has 0 bridgehead atoms. The fourth-order valence-corrected chi connectivity index (χ4v) is 1.98. The second kappa shape index (κ2) is 4.82. The molecule has 2 heterocycles. The first-order chi connectivity index (χ1) is 8.49. The van der Waals surface area contributed by atoms with Crippen LogP contribution in [0, 0.1) is 20.8 Å². The highest BCUT2D eigenvalue weighted by Gasteiger charge is 2.18. The Bertz CT molecular complexity index is 605. The Morgan fingerprint density at radius 2 is 2.06 bits per heavy atom. The molecule has 2 aromatic rings. The summed E-state index contributed by atoms with van der Waals surface area (Å²) in [7, 11) is 0. The number of pyridine rings is 1. The number of halogens is 1. The number of furan rings is 1. The first kappa shape index (κ1) is 12.6. The Morgan fingerprint density at radius 3 is 2.61 bits per heavy atom. The van der Waals surface area contributed by atoms with Gasteiger partial charge in [0.15, 0.2) is 0 Å². The van der Waals surface area contributed by atoms with E-state index in [1.807, 2.05) is 13.8 Å². The first-order valence-corrected chi connectivity index (χ1v) is 5.86. The lowest BCUT2D eigenvalue weighted by Crippen LogP contribution is -2.13. The number of nitrogens with zero attached hydrogens (tertiary/aromatic N) is 1. The summed E-state index contributed by atoms with van der Waals surface area (Å²) in [5, 5.41) is 3.11. The molecule has 2 rings (SSSR count). The number of carbonyl (C=O) groups excluding carboxylic acids is 1. The first-order valence-electron chi connectivity index (χ1n) is 5.48. The van der Waals surface area contributed by atoms with Crippen molar-refractivity contribution in [1.82, 2.24) is 4.98 Å². The van der Waals surface area contributed by atoms with Crippen LogP contribution < -0.4 is 5.32 Å². The molecule has 0 aliphatic carbocycles. The number of aromatic nitrogens is 1. The Labute approximate surface area is 110 Å². The maximum atomic E-state index is 12.1. The molecule has 4 nitrogen and oxygen atoms in total. The summed E-state index contributed by atoms with van der Waals surface area (Å²) in [6.07, 6.45) is 1.54. The topological polar surface area (TPSA) is 55.1 Å². The molecule has 94 valence electrons. The molecule has 0 spiro atoms. The van der Waals surface area contributed by atoms with Gasteiger partial charge in [-0.1, -0.05) is 11.6 Å². The van der Waals surface area contributed by atoms with Crippen LogP contribution in [-0.2, 0) is 0 Å². The molecule has 0 fully saturated rings. The Kier molecular flexibility index (Phi) is 3.39. The van der Waals surface area contributed by atoms with E-state index < -0.39 is 0 Å². The highest BCUT2D eigenvalue weighted by molar-refractivity contribution is 6.29. The van der Waals surface area contributed by atoms with Gasteiger partial charge in [0.2, 0.25) is 0 Å². The van der Waals surface area contributed by atoms with Crippen molar-refractivity contribution in [1.29, 1.82) is 0 Å². The van der Waals surface area contributed by atoms with Crippen molar-refractivity contribution in [2.75, 3.05) is 5.32 Å². The normalized spacial score (nSPS) is 10.4. The molecule has 0 radical (unpaired) electrons. The van der Waals surface area contributed by atoms with Crippen LogP contribution >= 0.6 is 11.6 Å². The average Bonchev–Trinajstić information content (AvgIpc) is 2.53. The Hall–Kier alpha value is -1.81. The van der Waals surface area contributed by atoms with Crippen molar-refractivity contribution in [2.45, 2.75) is 20.8 Å². The molecule has 0 aromatic carbocycles. The third-order valence-corrected chi connectivity index (χ3v) is 2.98. The van der Waals surface area contributed by atoms with Crippen molar-refractivity contribution in [3.63, 3.8) is 0 Å². The molecule has 1 N–H and O–H groups in total. The zero-order chi connectivity index (χ0) is 13.3. The minimum absolute atomic E-state index is 0.205. The van der Waals surface area contributed by atoms with E-state index in [0.717, 1.165) is 11.3 Å². The third kappa shape index (κ3) is 2.38. The van der Waals surface area contributed by atoms with E-state index in [1.54, 1.807) is 19.1 Å². The summed E-state index contributed by atoms with van der Waals surface area (Å²) in [5.74, 6) is 1.16. The Morgan fingerprint density at radius 1 is 1.33 bits per heavy atom. The number of amides is 1. The predicted octanol–water partition coefficient (Wildman–Crippen LogP) is 3.51. The minimum atomic E-state index is -0.205. The van der Waals surface area contributed by atoms with Gasteiger partial charge < -0.3 is 9.73 Å². The van der Waals surface area contributed by atoms with Gasteiger partial charge in [0.05, 0.1) is 5.56 Å².